The molecule has 1 rings (SSSR count). The van der Waals surface area contributed by atoms with Crippen molar-refractivity contribution < 1.29 is 14.6 Å². The first-order chi connectivity index (χ1) is 7.29. The topological polar surface area (TPSA) is 38.7 Å². The largest absolute Gasteiger partial charge is 0.504 e. The number of ether oxygens (including phenoxy) is 2. The van der Waals surface area contributed by atoms with Crippen molar-refractivity contribution in [1.29, 1.82) is 0 Å². The van der Waals surface area contributed by atoms with E-state index in [1.54, 1.807) is 18.2 Å². The summed E-state index contributed by atoms with van der Waals surface area (Å²) in [6.07, 6.45) is 0.0455. The van der Waals surface area contributed by atoms with E-state index >= 15 is 0 Å². The normalized spacial score (nSPS) is 11.6. The molecule has 0 aliphatic carbocycles. The Hall–Kier alpha value is -1.38. The maximum atomic E-state index is 9.76. The van der Waals surface area contributed by atoms with E-state index in [4.69, 9.17) is 9.47 Å². The summed E-state index contributed by atoms with van der Waals surface area (Å²) in [5.74, 6) is 1.08. The van der Waals surface area contributed by atoms with Gasteiger partial charge in [-0.15, -0.1) is 0 Å². The molecule has 1 N–H and O–H groups in total. The van der Waals surface area contributed by atoms with Gasteiger partial charge in [-0.05, 0) is 46.8 Å². The quantitative estimate of drug-likeness (QED) is 0.855. The van der Waals surface area contributed by atoms with Crippen LogP contribution in [0.3, 0.4) is 0 Å². The van der Waals surface area contributed by atoms with Crippen LogP contribution in [0.2, 0.25) is 0 Å². The van der Waals surface area contributed by atoms with Crippen LogP contribution in [0.5, 0.6) is 17.2 Å². The highest BCUT2D eigenvalue weighted by atomic mass is 16.5. The molecular weight excluding hydrogens is 204 g/mol. The fourth-order valence-corrected chi connectivity index (χ4v) is 1.26. The summed E-state index contributed by atoms with van der Waals surface area (Å²) in [6, 6.07) is 5.12. The number of rotatable bonds is 3. The Kier molecular flexibility index (Phi) is 3.68. The average molecular weight is 224 g/mol. The Morgan fingerprint density at radius 3 is 2.31 bits per heavy atom. The van der Waals surface area contributed by atoms with E-state index < -0.39 is 0 Å². The monoisotopic (exact) mass is 224 g/mol. The molecule has 3 nitrogen and oxygen atoms in total. The van der Waals surface area contributed by atoms with Gasteiger partial charge in [0.05, 0.1) is 6.10 Å². The zero-order valence-electron chi connectivity index (χ0n) is 10.6. The molecule has 0 bridgehead atoms. The molecule has 0 unspecified atom stereocenters. The first kappa shape index (κ1) is 12.7. The molecule has 90 valence electrons. The first-order valence-corrected chi connectivity index (χ1v) is 5.47. The minimum atomic E-state index is -0.367. The maximum Gasteiger partial charge on any atom is 0.203 e. The summed E-state index contributed by atoms with van der Waals surface area (Å²) >= 11 is 0. The van der Waals surface area contributed by atoms with Gasteiger partial charge in [0.25, 0.3) is 0 Å². The van der Waals surface area contributed by atoms with Gasteiger partial charge in [0, 0.05) is 0 Å². The van der Waals surface area contributed by atoms with Crippen LogP contribution < -0.4 is 9.47 Å². The Balaban J connectivity index is 3.03. The predicted octanol–water partition coefficient (Wildman–Crippen LogP) is 3.36. The molecule has 16 heavy (non-hydrogen) atoms. The molecule has 1 aromatic carbocycles. The van der Waals surface area contributed by atoms with Gasteiger partial charge < -0.3 is 14.6 Å². The van der Waals surface area contributed by atoms with Gasteiger partial charge in [-0.2, -0.15) is 0 Å². The van der Waals surface area contributed by atoms with E-state index in [2.05, 4.69) is 0 Å². The summed E-state index contributed by atoms with van der Waals surface area (Å²) in [5, 5.41) is 9.76. The van der Waals surface area contributed by atoms with Crippen LogP contribution in [-0.4, -0.2) is 16.8 Å². The number of phenols is 1. The molecule has 0 heterocycles. The third-order valence-electron chi connectivity index (χ3n) is 1.73. The Morgan fingerprint density at radius 2 is 1.81 bits per heavy atom. The minimum Gasteiger partial charge on any atom is -0.504 e. The van der Waals surface area contributed by atoms with Crippen LogP contribution in [-0.2, 0) is 0 Å². The molecule has 0 saturated heterocycles. The molecule has 0 saturated carbocycles. The van der Waals surface area contributed by atoms with Gasteiger partial charge >= 0.3 is 0 Å². The number of benzene rings is 1. The third-order valence-corrected chi connectivity index (χ3v) is 1.73. The molecule has 0 fully saturated rings. The summed E-state index contributed by atoms with van der Waals surface area (Å²) in [5.41, 5.74) is -0.367. The number of hydrogen-bond donors (Lipinski definition) is 1. The van der Waals surface area contributed by atoms with Crippen molar-refractivity contribution in [3.63, 3.8) is 0 Å². The standard InChI is InChI=1S/C13H20O3/c1-9(2)15-11-8-6-7-10(14)12(11)16-13(3,4)5/h6-9,14H,1-5H3. The van der Waals surface area contributed by atoms with Gasteiger partial charge in [-0.25, -0.2) is 0 Å². The number of para-hydroxylation sites is 1. The van der Waals surface area contributed by atoms with Crippen LogP contribution in [0.15, 0.2) is 18.2 Å². The Morgan fingerprint density at radius 1 is 1.19 bits per heavy atom. The number of hydrogen-bond acceptors (Lipinski definition) is 3. The van der Waals surface area contributed by atoms with Crippen LogP contribution in [0, 0.1) is 0 Å². The molecule has 0 amide bonds. The second-order valence-electron chi connectivity index (χ2n) is 4.99. The Labute approximate surface area is 97.0 Å². The van der Waals surface area contributed by atoms with E-state index in [0.29, 0.717) is 11.5 Å². The molecule has 0 spiro atoms. The first-order valence-electron chi connectivity index (χ1n) is 5.47. The summed E-state index contributed by atoms with van der Waals surface area (Å²) < 4.78 is 11.3. The predicted molar refractivity (Wildman–Crippen MR) is 64.3 cm³/mol. The fourth-order valence-electron chi connectivity index (χ4n) is 1.26. The number of phenolic OH excluding ortho intramolecular Hbond substituents is 1. The zero-order chi connectivity index (χ0) is 12.3. The third kappa shape index (κ3) is 3.65. The van der Waals surface area contributed by atoms with Crippen LogP contribution in [0.4, 0.5) is 0 Å². The second kappa shape index (κ2) is 4.64. The molecule has 1 aromatic rings. The van der Waals surface area contributed by atoms with Crippen molar-refractivity contribution >= 4 is 0 Å². The Bertz CT molecular complexity index is 351. The van der Waals surface area contributed by atoms with Crippen LogP contribution >= 0.6 is 0 Å². The van der Waals surface area contributed by atoms with Crippen LogP contribution in [0.1, 0.15) is 34.6 Å². The highest BCUT2D eigenvalue weighted by Crippen LogP contribution is 2.38. The molecular formula is C13H20O3. The van der Waals surface area contributed by atoms with Crippen molar-refractivity contribution in [1.82, 2.24) is 0 Å². The van der Waals surface area contributed by atoms with Gasteiger partial charge in [0.1, 0.15) is 5.60 Å². The fraction of sp³-hybridized carbons (Fsp3) is 0.538. The molecule has 0 aliphatic rings. The van der Waals surface area contributed by atoms with Gasteiger partial charge in [-0.3, -0.25) is 0 Å². The van der Waals surface area contributed by atoms with Crippen molar-refractivity contribution in [2.45, 2.75) is 46.3 Å². The maximum absolute atomic E-state index is 9.76. The van der Waals surface area contributed by atoms with E-state index in [9.17, 15) is 5.11 Å². The van der Waals surface area contributed by atoms with Gasteiger partial charge in [0.15, 0.2) is 11.5 Å². The molecule has 3 heteroatoms. The summed E-state index contributed by atoms with van der Waals surface area (Å²) in [6.45, 7) is 9.66. The zero-order valence-corrected chi connectivity index (χ0v) is 10.6. The highest BCUT2D eigenvalue weighted by Gasteiger charge is 2.19. The molecule has 0 aliphatic heterocycles. The van der Waals surface area contributed by atoms with Crippen molar-refractivity contribution in [3.8, 4) is 17.2 Å². The van der Waals surface area contributed by atoms with E-state index in [1.165, 1.54) is 0 Å². The van der Waals surface area contributed by atoms with Crippen molar-refractivity contribution in [2.75, 3.05) is 0 Å². The molecule has 0 aromatic heterocycles. The van der Waals surface area contributed by atoms with Crippen molar-refractivity contribution in [3.05, 3.63) is 18.2 Å². The van der Waals surface area contributed by atoms with E-state index in [1.807, 2.05) is 34.6 Å². The van der Waals surface area contributed by atoms with Crippen LogP contribution in [0.25, 0.3) is 0 Å². The van der Waals surface area contributed by atoms with Gasteiger partial charge in [-0.1, -0.05) is 6.07 Å². The average Bonchev–Trinajstić information content (AvgIpc) is 2.08. The minimum absolute atomic E-state index is 0.0455. The highest BCUT2D eigenvalue weighted by molar-refractivity contribution is 5.50. The van der Waals surface area contributed by atoms with E-state index in [0.717, 1.165) is 0 Å². The summed E-state index contributed by atoms with van der Waals surface area (Å²) in [7, 11) is 0. The SMILES string of the molecule is CC(C)Oc1cccc(O)c1OC(C)(C)C. The van der Waals surface area contributed by atoms with Crippen molar-refractivity contribution in [2.24, 2.45) is 0 Å². The smallest absolute Gasteiger partial charge is 0.203 e. The second-order valence-corrected chi connectivity index (χ2v) is 4.99. The van der Waals surface area contributed by atoms with Gasteiger partial charge in [0.2, 0.25) is 5.75 Å². The lowest BCUT2D eigenvalue weighted by Crippen LogP contribution is -2.23. The lowest BCUT2D eigenvalue weighted by atomic mass is 10.2. The summed E-state index contributed by atoms with van der Waals surface area (Å²) in [4.78, 5) is 0. The van der Waals surface area contributed by atoms with E-state index in [-0.39, 0.29) is 17.5 Å². The molecule has 0 radical (unpaired) electrons. The lowest BCUT2D eigenvalue weighted by molar-refractivity contribution is 0.114. The lowest BCUT2D eigenvalue weighted by Gasteiger charge is -2.24. The molecule has 0 atom stereocenters. The number of aromatic hydroxyl groups is 1.